The smallest absolute Gasteiger partial charge is 0.226 e. The molecule has 1 fully saturated rings. The number of likely N-dealkylation sites (tertiary alicyclic amines) is 1. The maximum Gasteiger partial charge on any atom is 0.226 e. The van der Waals surface area contributed by atoms with Gasteiger partial charge in [0, 0.05) is 31.6 Å². The summed E-state index contributed by atoms with van der Waals surface area (Å²) in [4.78, 5) is 18.9. The Kier molecular flexibility index (Phi) is 4.45. The summed E-state index contributed by atoms with van der Waals surface area (Å²) >= 11 is 0. The van der Waals surface area contributed by atoms with Crippen LogP contribution in [0.1, 0.15) is 55.3 Å². The lowest BCUT2D eigenvalue weighted by molar-refractivity contribution is -0.132. The lowest BCUT2D eigenvalue weighted by Crippen LogP contribution is -2.31. The summed E-state index contributed by atoms with van der Waals surface area (Å²) in [6, 6.07) is 1.97. The van der Waals surface area contributed by atoms with Gasteiger partial charge in [-0.2, -0.15) is 10.1 Å². The molecule has 0 aliphatic carbocycles. The second-order valence-corrected chi connectivity index (χ2v) is 6.05. The Morgan fingerprint density at radius 2 is 2.26 bits per heavy atom. The number of amides is 1. The van der Waals surface area contributed by atoms with E-state index in [0.717, 1.165) is 30.8 Å². The van der Waals surface area contributed by atoms with E-state index in [9.17, 15) is 4.79 Å². The van der Waals surface area contributed by atoms with Gasteiger partial charge >= 0.3 is 0 Å². The van der Waals surface area contributed by atoms with Crippen molar-refractivity contribution >= 4 is 5.91 Å². The first kappa shape index (κ1) is 15.7. The minimum absolute atomic E-state index is 0.0491. The molecule has 1 amide bonds. The van der Waals surface area contributed by atoms with Crippen LogP contribution in [0, 0.1) is 13.8 Å². The van der Waals surface area contributed by atoms with Crippen LogP contribution in [0.5, 0.6) is 0 Å². The molecule has 1 aliphatic rings. The first-order valence-electron chi connectivity index (χ1n) is 8.21. The number of aryl methyl sites for hydroxylation is 4. The number of rotatable bonds is 5. The van der Waals surface area contributed by atoms with Gasteiger partial charge in [0.25, 0.3) is 0 Å². The largest absolute Gasteiger partial charge is 0.339 e. The van der Waals surface area contributed by atoms with E-state index in [-0.39, 0.29) is 11.9 Å². The summed E-state index contributed by atoms with van der Waals surface area (Å²) in [5.41, 5.74) is 2.06. The number of carbonyl (C=O) groups excluding carboxylic acids is 1. The van der Waals surface area contributed by atoms with Crippen molar-refractivity contribution in [2.24, 2.45) is 0 Å². The number of nitrogens with zero attached hydrogens (tertiary/aromatic N) is 5. The van der Waals surface area contributed by atoms with Gasteiger partial charge in [-0.25, -0.2) is 0 Å². The molecule has 0 bridgehead atoms. The summed E-state index contributed by atoms with van der Waals surface area (Å²) in [6.45, 7) is 7.31. The monoisotopic (exact) mass is 317 g/mol. The van der Waals surface area contributed by atoms with Crippen LogP contribution in [0.2, 0.25) is 0 Å². The summed E-state index contributed by atoms with van der Waals surface area (Å²) in [6.07, 6.45) is 3.03. The number of carbonyl (C=O) groups is 1. The average molecular weight is 317 g/mol. The molecule has 0 unspecified atom stereocenters. The molecule has 1 aliphatic heterocycles. The molecule has 3 rings (SSSR count). The number of hydrogen-bond donors (Lipinski definition) is 0. The molecule has 124 valence electrons. The minimum atomic E-state index is -0.0491. The maximum absolute atomic E-state index is 12.6. The van der Waals surface area contributed by atoms with Crippen molar-refractivity contribution in [2.75, 3.05) is 6.54 Å². The van der Waals surface area contributed by atoms with Crippen molar-refractivity contribution in [3.05, 3.63) is 29.2 Å². The second-order valence-electron chi connectivity index (χ2n) is 6.05. The predicted octanol–water partition coefficient (Wildman–Crippen LogP) is 2.20. The van der Waals surface area contributed by atoms with Crippen LogP contribution in [0.25, 0.3) is 0 Å². The van der Waals surface area contributed by atoms with Gasteiger partial charge in [-0.15, -0.1) is 0 Å². The van der Waals surface area contributed by atoms with E-state index in [2.05, 4.69) is 15.2 Å². The quantitative estimate of drug-likeness (QED) is 0.845. The third-order valence-corrected chi connectivity index (χ3v) is 4.30. The molecule has 3 heterocycles. The van der Waals surface area contributed by atoms with Crippen LogP contribution in [-0.4, -0.2) is 37.3 Å². The lowest BCUT2D eigenvalue weighted by atomic mass is 10.2. The lowest BCUT2D eigenvalue weighted by Gasteiger charge is -2.22. The van der Waals surface area contributed by atoms with E-state index in [1.807, 2.05) is 36.4 Å². The Morgan fingerprint density at radius 1 is 1.43 bits per heavy atom. The number of hydrogen-bond acceptors (Lipinski definition) is 5. The van der Waals surface area contributed by atoms with Crippen molar-refractivity contribution in [1.82, 2.24) is 24.8 Å². The van der Waals surface area contributed by atoms with Gasteiger partial charge in [0.05, 0.1) is 11.7 Å². The molecule has 2 aromatic heterocycles. The fourth-order valence-corrected chi connectivity index (χ4v) is 3.13. The van der Waals surface area contributed by atoms with Gasteiger partial charge < -0.3 is 9.42 Å². The standard InChI is InChI=1S/C16H23N5O2/c1-4-14-17-16(19-23-14)13-6-5-8-20(13)15(22)7-9-21-12(3)10-11(2)18-21/h10,13H,4-9H2,1-3H3/t13-/m1/s1. The highest BCUT2D eigenvalue weighted by Crippen LogP contribution is 2.30. The fraction of sp³-hybridized carbons (Fsp3) is 0.625. The van der Waals surface area contributed by atoms with Crippen LogP contribution in [0.4, 0.5) is 0 Å². The van der Waals surface area contributed by atoms with Crippen molar-refractivity contribution in [2.45, 2.75) is 59.0 Å². The van der Waals surface area contributed by atoms with Crippen LogP contribution in [0.15, 0.2) is 10.6 Å². The molecule has 7 heteroatoms. The molecule has 23 heavy (non-hydrogen) atoms. The molecule has 1 atom stereocenters. The normalized spacial score (nSPS) is 17.9. The van der Waals surface area contributed by atoms with Crippen LogP contribution >= 0.6 is 0 Å². The molecule has 0 aromatic carbocycles. The van der Waals surface area contributed by atoms with E-state index >= 15 is 0 Å². The highest BCUT2D eigenvalue weighted by atomic mass is 16.5. The van der Waals surface area contributed by atoms with Crippen molar-refractivity contribution in [1.29, 1.82) is 0 Å². The summed E-state index contributed by atoms with van der Waals surface area (Å²) in [7, 11) is 0. The van der Waals surface area contributed by atoms with Gasteiger partial charge in [0.1, 0.15) is 0 Å². The summed E-state index contributed by atoms with van der Waals surface area (Å²) < 4.78 is 7.08. The van der Waals surface area contributed by atoms with E-state index < -0.39 is 0 Å². The molecular weight excluding hydrogens is 294 g/mol. The Balaban J connectivity index is 1.65. The Hall–Kier alpha value is -2.18. The summed E-state index contributed by atoms with van der Waals surface area (Å²) in [5, 5.41) is 8.45. The molecule has 2 aromatic rings. The first-order valence-corrected chi connectivity index (χ1v) is 8.21. The molecule has 0 saturated carbocycles. The van der Waals surface area contributed by atoms with Gasteiger partial charge in [0.15, 0.2) is 5.82 Å². The molecule has 7 nitrogen and oxygen atoms in total. The third kappa shape index (κ3) is 3.28. The van der Waals surface area contributed by atoms with Crippen LogP contribution < -0.4 is 0 Å². The van der Waals surface area contributed by atoms with Crippen LogP contribution in [-0.2, 0) is 17.8 Å². The van der Waals surface area contributed by atoms with E-state index in [4.69, 9.17) is 4.52 Å². The third-order valence-electron chi connectivity index (χ3n) is 4.30. The minimum Gasteiger partial charge on any atom is -0.339 e. The van der Waals surface area contributed by atoms with Gasteiger partial charge in [-0.1, -0.05) is 12.1 Å². The highest BCUT2D eigenvalue weighted by molar-refractivity contribution is 5.76. The fourth-order valence-electron chi connectivity index (χ4n) is 3.13. The zero-order valence-electron chi connectivity index (χ0n) is 13.9. The van der Waals surface area contributed by atoms with Gasteiger partial charge in [-0.05, 0) is 32.8 Å². The molecule has 0 spiro atoms. The van der Waals surface area contributed by atoms with Crippen LogP contribution in [0.3, 0.4) is 0 Å². The van der Waals surface area contributed by atoms with Gasteiger partial charge in [-0.3, -0.25) is 9.48 Å². The second kappa shape index (κ2) is 6.52. The molecular formula is C16H23N5O2. The maximum atomic E-state index is 12.6. The topological polar surface area (TPSA) is 77.1 Å². The average Bonchev–Trinajstić information content (AvgIpc) is 3.23. The van der Waals surface area contributed by atoms with E-state index in [1.54, 1.807) is 0 Å². The van der Waals surface area contributed by atoms with Crippen molar-refractivity contribution in [3.8, 4) is 0 Å². The van der Waals surface area contributed by atoms with E-state index in [0.29, 0.717) is 31.1 Å². The summed E-state index contributed by atoms with van der Waals surface area (Å²) in [5.74, 6) is 1.39. The zero-order chi connectivity index (χ0) is 16.4. The van der Waals surface area contributed by atoms with Crippen molar-refractivity contribution in [3.63, 3.8) is 0 Å². The zero-order valence-corrected chi connectivity index (χ0v) is 13.9. The van der Waals surface area contributed by atoms with Gasteiger partial charge in [0.2, 0.25) is 11.8 Å². The first-order chi connectivity index (χ1) is 11.1. The van der Waals surface area contributed by atoms with E-state index in [1.165, 1.54) is 0 Å². The molecule has 0 radical (unpaired) electrons. The Morgan fingerprint density at radius 3 is 2.91 bits per heavy atom. The molecule has 0 N–H and O–H groups in total. The molecule has 1 saturated heterocycles. The highest BCUT2D eigenvalue weighted by Gasteiger charge is 2.33. The Labute approximate surface area is 135 Å². The van der Waals surface area contributed by atoms with Crippen molar-refractivity contribution < 1.29 is 9.32 Å². The number of aromatic nitrogens is 4. The SMILES string of the molecule is CCc1nc([C@H]2CCCN2C(=O)CCn2nc(C)cc2C)no1. The predicted molar refractivity (Wildman–Crippen MR) is 83.7 cm³/mol. The Bertz CT molecular complexity index is 690.